The molecule has 1 aliphatic heterocycles. The van der Waals surface area contributed by atoms with Gasteiger partial charge >= 0.3 is 0 Å². The zero-order valence-corrected chi connectivity index (χ0v) is 13.9. The zero-order chi connectivity index (χ0) is 14.8. The fourth-order valence-electron chi connectivity index (χ4n) is 2.72. The highest BCUT2D eigenvalue weighted by molar-refractivity contribution is 14.1. The lowest BCUT2D eigenvalue weighted by Gasteiger charge is -2.22. The van der Waals surface area contributed by atoms with E-state index in [4.69, 9.17) is 4.74 Å². The molecule has 2 aromatic rings. The van der Waals surface area contributed by atoms with Crippen molar-refractivity contribution >= 4 is 34.2 Å². The second-order valence-corrected chi connectivity index (χ2v) is 6.44. The topological polar surface area (TPSA) is 29.5 Å². The standard InChI is InChI=1S/C17H16INO2/c1-12-9-13-5-2-3-8-16(13)19(12)17(20)11-21-15-7-4-6-14(18)10-15/h2-8,10,12H,9,11H2,1H3/t12-/m0/s1. The summed E-state index contributed by atoms with van der Waals surface area (Å²) in [5, 5.41) is 0. The molecule has 0 spiro atoms. The van der Waals surface area contributed by atoms with Crippen LogP contribution in [0.2, 0.25) is 0 Å². The Kier molecular flexibility index (Phi) is 4.14. The molecule has 108 valence electrons. The zero-order valence-electron chi connectivity index (χ0n) is 11.8. The Morgan fingerprint density at radius 2 is 2.10 bits per heavy atom. The molecule has 2 aromatic carbocycles. The smallest absolute Gasteiger partial charge is 0.265 e. The Morgan fingerprint density at radius 1 is 1.29 bits per heavy atom. The number of hydrogen-bond acceptors (Lipinski definition) is 2. The number of benzene rings is 2. The van der Waals surface area contributed by atoms with Gasteiger partial charge in [0.15, 0.2) is 6.61 Å². The molecule has 0 saturated heterocycles. The molecule has 1 amide bonds. The van der Waals surface area contributed by atoms with E-state index < -0.39 is 0 Å². The molecule has 1 atom stereocenters. The fourth-order valence-corrected chi connectivity index (χ4v) is 3.23. The van der Waals surface area contributed by atoms with E-state index in [0.29, 0.717) is 0 Å². The van der Waals surface area contributed by atoms with Gasteiger partial charge in [-0.15, -0.1) is 0 Å². The van der Waals surface area contributed by atoms with Crippen molar-refractivity contribution in [1.29, 1.82) is 0 Å². The summed E-state index contributed by atoms with van der Waals surface area (Å²) in [6, 6.07) is 16.0. The number of carbonyl (C=O) groups is 1. The van der Waals surface area contributed by atoms with Crippen molar-refractivity contribution in [2.75, 3.05) is 11.5 Å². The van der Waals surface area contributed by atoms with Crippen molar-refractivity contribution in [3.63, 3.8) is 0 Å². The Labute approximate surface area is 138 Å². The highest BCUT2D eigenvalue weighted by atomic mass is 127. The maximum atomic E-state index is 12.5. The summed E-state index contributed by atoms with van der Waals surface area (Å²) in [5.74, 6) is 0.738. The van der Waals surface area contributed by atoms with Crippen LogP contribution in [0.25, 0.3) is 0 Å². The number of hydrogen-bond donors (Lipinski definition) is 0. The number of ether oxygens (including phenoxy) is 1. The third-order valence-electron chi connectivity index (χ3n) is 3.63. The van der Waals surface area contributed by atoms with Crippen LogP contribution in [0.4, 0.5) is 5.69 Å². The molecule has 0 saturated carbocycles. The van der Waals surface area contributed by atoms with Crippen LogP contribution in [-0.4, -0.2) is 18.6 Å². The van der Waals surface area contributed by atoms with Crippen molar-refractivity contribution in [2.45, 2.75) is 19.4 Å². The van der Waals surface area contributed by atoms with Gasteiger partial charge in [-0.05, 0) is 65.8 Å². The van der Waals surface area contributed by atoms with Gasteiger partial charge in [0.05, 0.1) is 0 Å². The third-order valence-corrected chi connectivity index (χ3v) is 4.31. The molecule has 21 heavy (non-hydrogen) atoms. The number of nitrogens with zero attached hydrogens (tertiary/aromatic N) is 1. The first-order valence-electron chi connectivity index (χ1n) is 6.93. The van der Waals surface area contributed by atoms with Crippen LogP contribution in [0.1, 0.15) is 12.5 Å². The van der Waals surface area contributed by atoms with E-state index >= 15 is 0 Å². The van der Waals surface area contributed by atoms with Gasteiger partial charge in [0.1, 0.15) is 5.75 Å². The van der Waals surface area contributed by atoms with E-state index in [9.17, 15) is 4.79 Å². The predicted molar refractivity (Wildman–Crippen MR) is 91.7 cm³/mol. The summed E-state index contributed by atoms with van der Waals surface area (Å²) < 4.78 is 6.72. The number of carbonyl (C=O) groups excluding carboxylic acids is 1. The lowest BCUT2D eigenvalue weighted by molar-refractivity contribution is -0.120. The Hall–Kier alpha value is -1.56. The van der Waals surface area contributed by atoms with E-state index in [-0.39, 0.29) is 18.6 Å². The lowest BCUT2D eigenvalue weighted by Crippen LogP contribution is -2.39. The summed E-state index contributed by atoms with van der Waals surface area (Å²) in [7, 11) is 0. The molecule has 1 aliphatic rings. The van der Waals surface area contributed by atoms with Gasteiger partial charge in [-0.1, -0.05) is 24.3 Å². The molecule has 3 rings (SSSR count). The van der Waals surface area contributed by atoms with E-state index in [1.807, 2.05) is 47.4 Å². The van der Waals surface area contributed by atoms with Crippen molar-refractivity contribution in [3.8, 4) is 5.75 Å². The van der Waals surface area contributed by atoms with Gasteiger partial charge in [-0.3, -0.25) is 4.79 Å². The number of amides is 1. The fraction of sp³-hybridized carbons (Fsp3) is 0.235. The molecule has 0 fully saturated rings. The highest BCUT2D eigenvalue weighted by Gasteiger charge is 2.30. The number of rotatable bonds is 3. The van der Waals surface area contributed by atoms with Gasteiger partial charge in [-0.25, -0.2) is 0 Å². The van der Waals surface area contributed by atoms with Crippen LogP contribution < -0.4 is 9.64 Å². The molecular weight excluding hydrogens is 377 g/mol. The number of para-hydroxylation sites is 1. The molecule has 3 nitrogen and oxygen atoms in total. The minimum Gasteiger partial charge on any atom is -0.484 e. The summed E-state index contributed by atoms with van der Waals surface area (Å²) >= 11 is 2.23. The van der Waals surface area contributed by atoms with Crippen LogP contribution in [0.15, 0.2) is 48.5 Å². The SMILES string of the molecule is C[C@H]1Cc2ccccc2N1C(=O)COc1cccc(I)c1. The molecule has 0 aliphatic carbocycles. The molecule has 0 unspecified atom stereocenters. The van der Waals surface area contributed by atoms with Crippen molar-refractivity contribution in [1.82, 2.24) is 0 Å². The average molecular weight is 393 g/mol. The second kappa shape index (κ2) is 6.05. The highest BCUT2D eigenvalue weighted by Crippen LogP contribution is 2.31. The molecule has 0 bridgehead atoms. The summed E-state index contributed by atoms with van der Waals surface area (Å²) in [6.45, 7) is 2.14. The number of anilines is 1. The van der Waals surface area contributed by atoms with Crippen LogP contribution in [-0.2, 0) is 11.2 Å². The van der Waals surface area contributed by atoms with Gasteiger partial charge in [-0.2, -0.15) is 0 Å². The third kappa shape index (κ3) is 3.05. The number of fused-ring (bicyclic) bond motifs is 1. The van der Waals surface area contributed by atoms with Gasteiger partial charge in [0, 0.05) is 15.3 Å². The minimum absolute atomic E-state index is 0.00584. The predicted octanol–water partition coefficient (Wildman–Crippen LogP) is 3.65. The van der Waals surface area contributed by atoms with Gasteiger partial charge < -0.3 is 9.64 Å². The monoisotopic (exact) mass is 393 g/mol. The van der Waals surface area contributed by atoms with Crippen LogP contribution in [0.5, 0.6) is 5.75 Å². The van der Waals surface area contributed by atoms with Crippen molar-refractivity contribution in [2.24, 2.45) is 0 Å². The molecule has 1 heterocycles. The molecule has 0 N–H and O–H groups in total. The summed E-state index contributed by atoms with van der Waals surface area (Å²) in [6.07, 6.45) is 0.908. The quantitative estimate of drug-likeness (QED) is 0.746. The van der Waals surface area contributed by atoms with Crippen LogP contribution in [0.3, 0.4) is 0 Å². The Balaban J connectivity index is 1.71. The molecular formula is C17H16INO2. The van der Waals surface area contributed by atoms with Crippen molar-refractivity contribution in [3.05, 3.63) is 57.7 Å². The summed E-state index contributed by atoms with van der Waals surface area (Å²) in [4.78, 5) is 14.3. The summed E-state index contributed by atoms with van der Waals surface area (Å²) in [5.41, 5.74) is 2.24. The maximum Gasteiger partial charge on any atom is 0.265 e. The van der Waals surface area contributed by atoms with Crippen LogP contribution in [0, 0.1) is 3.57 Å². The van der Waals surface area contributed by atoms with Crippen molar-refractivity contribution < 1.29 is 9.53 Å². The Morgan fingerprint density at radius 3 is 2.90 bits per heavy atom. The van der Waals surface area contributed by atoms with Crippen LogP contribution >= 0.6 is 22.6 Å². The first-order chi connectivity index (χ1) is 10.1. The van der Waals surface area contributed by atoms with E-state index in [0.717, 1.165) is 21.4 Å². The molecule has 0 radical (unpaired) electrons. The first kappa shape index (κ1) is 14.4. The van der Waals surface area contributed by atoms with Gasteiger partial charge in [0.25, 0.3) is 5.91 Å². The average Bonchev–Trinajstić information content (AvgIpc) is 2.81. The number of halogens is 1. The Bertz CT molecular complexity index is 671. The molecule has 4 heteroatoms. The molecule has 0 aromatic heterocycles. The normalized spacial score (nSPS) is 16.7. The lowest BCUT2D eigenvalue weighted by atomic mass is 10.1. The largest absolute Gasteiger partial charge is 0.484 e. The van der Waals surface area contributed by atoms with E-state index in [1.165, 1.54) is 5.56 Å². The van der Waals surface area contributed by atoms with Gasteiger partial charge in [0.2, 0.25) is 0 Å². The van der Waals surface area contributed by atoms with E-state index in [1.54, 1.807) is 0 Å². The minimum atomic E-state index is 0.00584. The second-order valence-electron chi connectivity index (χ2n) is 5.19. The maximum absolute atomic E-state index is 12.5. The van der Waals surface area contributed by atoms with E-state index in [2.05, 4.69) is 35.6 Å². The first-order valence-corrected chi connectivity index (χ1v) is 8.01.